The molecule has 0 radical (unpaired) electrons. The smallest absolute Gasteiger partial charge is 0.264 e. The molecule has 25 heavy (non-hydrogen) atoms. The van der Waals surface area contributed by atoms with Gasteiger partial charge in [-0.05, 0) is 25.8 Å². The molecule has 0 bridgehead atoms. The fourth-order valence-electron chi connectivity index (χ4n) is 3.48. The van der Waals surface area contributed by atoms with E-state index < -0.39 is 0 Å². The minimum atomic E-state index is -0.270. The predicted octanol–water partition coefficient (Wildman–Crippen LogP) is 2.45. The molecule has 0 aliphatic heterocycles. The van der Waals surface area contributed by atoms with Crippen LogP contribution in [-0.4, -0.2) is 43.9 Å². The predicted molar refractivity (Wildman–Crippen MR) is 94.9 cm³/mol. The SMILES string of the molecule is Cc1c(C(=O)N(C)C2CCCCCCC2)cnn1-c1ccc(=O)[nH]n1. The summed E-state index contributed by atoms with van der Waals surface area (Å²) in [6.07, 6.45) is 9.91. The Morgan fingerprint density at radius 1 is 1.20 bits per heavy atom. The van der Waals surface area contributed by atoms with E-state index in [2.05, 4.69) is 15.3 Å². The van der Waals surface area contributed by atoms with E-state index in [0.29, 0.717) is 17.4 Å². The van der Waals surface area contributed by atoms with Crippen LogP contribution in [0.3, 0.4) is 0 Å². The van der Waals surface area contributed by atoms with Crippen LogP contribution in [0, 0.1) is 6.92 Å². The number of carbonyl (C=O) groups excluding carboxylic acids is 1. The second-order valence-electron chi connectivity index (χ2n) is 6.75. The molecule has 1 fully saturated rings. The Morgan fingerprint density at radius 3 is 2.52 bits per heavy atom. The third kappa shape index (κ3) is 3.81. The Balaban J connectivity index is 1.80. The zero-order valence-electron chi connectivity index (χ0n) is 14.9. The second kappa shape index (κ2) is 7.63. The van der Waals surface area contributed by atoms with Gasteiger partial charge in [0.25, 0.3) is 11.5 Å². The molecule has 2 heterocycles. The first-order chi connectivity index (χ1) is 12.1. The zero-order chi connectivity index (χ0) is 17.8. The van der Waals surface area contributed by atoms with E-state index in [1.165, 1.54) is 38.2 Å². The van der Waals surface area contributed by atoms with E-state index in [9.17, 15) is 9.59 Å². The molecule has 7 heteroatoms. The number of rotatable bonds is 3. The van der Waals surface area contributed by atoms with Crippen LogP contribution in [0.15, 0.2) is 23.1 Å². The van der Waals surface area contributed by atoms with Crippen molar-refractivity contribution in [3.05, 3.63) is 39.9 Å². The molecular formula is C18H25N5O2. The summed E-state index contributed by atoms with van der Waals surface area (Å²) in [5, 5.41) is 10.6. The third-order valence-electron chi connectivity index (χ3n) is 5.06. The molecular weight excluding hydrogens is 318 g/mol. The number of hydrogen-bond acceptors (Lipinski definition) is 4. The van der Waals surface area contributed by atoms with Crippen molar-refractivity contribution < 1.29 is 4.79 Å². The highest BCUT2D eigenvalue weighted by atomic mass is 16.2. The average molecular weight is 343 g/mol. The number of H-pyrrole nitrogens is 1. The quantitative estimate of drug-likeness (QED) is 0.928. The largest absolute Gasteiger partial charge is 0.339 e. The van der Waals surface area contributed by atoms with E-state index in [1.807, 2.05) is 18.9 Å². The summed E-state index contributed by atoms with van der Waals surface area (Å²) in [6, 6.07) is 3.28. The maximum Gasteiger partial charge on any atom is 0.264 e. The molecule has 1 aliphatic rings. The van der Waals surface area contributed by atoms with E-state index in [1.54, 1.807) is 16.9 Å². The number of carbonyl (C=O) groups is 1. The van der Waals surface area contributed by atoms with Gasteiger partial charge in [-0.2, -0.15) is 10.2 Å². The summed E-state index contributed by atoms with van der Waals surface area (Å²) in [5.41, 5.74) is 1.04. The molecule has 3 rings (SSSR count). The molecule has 7 nitrogen and oxygen atoms in total. The molecule has 0 spiro atoms. The Morgan fingerprint density at radius 2 is 1.88 bits per heavy atom. The van der Waals surface area contributed by atoms with Crippen molar-refractivity contribution in [2.45, 2.75) is 57.9 Å². The first-order valence-electron chi connectivity index (χ1n) is 8.96. The van der Waals surface area contributed by atoms with E-state index in [-0.39, 0.29) is 11.5 Å². The van der Waals surface area contributed by atoms with E-state index in [4.69, 9.17) is 0 Å². The highest BCUT2D eigenvalue weighted by Gasteiger charge is 2.25. The Kier molecular flexibility index (Phi) is 5.31. The van der Waals surface area contributed by atoms with Gasteiger partial charge in [0.1, 0.15) is 0 Å². The van der Waals surface area contributed by atoms with E-state index in [0.717, 1.165) is 18.5 Å². The maximum absolute atomic E-state index is 13.0. The highest BCUT2D eigenvalue weighted by Crippen LogP contribution is 2.23. The van der Waals surface area contributed by atoms with Crippen LogP contribution in [0.5, 0.6) is 0 Å². The molecule has 2 aromatic heterocycles. The molecule has 2 aromatic rings. The summed E-state index contributed by atoms with van der Waals surface area (Å²) in [7, 11) is 1.89. The lowest BCUT2D eigenvalue weighted by Gasteiger charge is -2.29. The topological polar surface area (TPSA) is 83.9 Å². The molecule has 1 aliphatic carbocycles. The standard InChI is InChI=1S/C18H25N5O2/c1-13-15(12-19-23(13)16-10-11-17(24)21-20-16)18(25)22(2)14-8-6-4-3-5-7-9-14/h10-12,14H,3-9H2,1-2H3,(H,21,24). The average Bonchev–Trinajstić information content (AvgIpc) is 2.96. The zero-order valence-corrected chi connectivity index (χ0v) is 14.9. The summed E-state index contributed by atoms with van der Waals surface area (Å²) < 4.78 is 1.58. The Bertz CT molecular complexity index is 767. The van der Waals surface area contributed by atoms with Gasteiger partial charge < -0.3 is 4.90 Å². The van der Waals surface area contributed by atoms with Crippen LogP contribution in [0.25, 0.3) is 5.82 Å². The first kappa shape index (κ1) is 17.4. The molecule has 134 valence electrons. The van der Waals surface area contributed by atoms with Crippen molar-refractivity contribution in [3.8, 4) is 5.82 Å². The van der Waals surface area contributed by atoms with Gasteiger partial charge in [0.15, 0.2) is 5.82 Å². The molecule has 1 N–H and O–H groups in total. The minimum absolute atomic E-state index is 0.00116. The van der Waals surface area contributed by atoms with Gasteiger partial charge in [-0.1, -0.05) is 32.1 Å². The molecule has 1 amide bonds. The fourth-order valence-corrected chi connectivity index (χ4v) is 3.48. The van der Waals surface area contributed by atoms with Crippen molar-refractivity contribution in [2.24, 2.45) is 0 Å². The number of amides is 1. The maximum atomic E-state index is 13.0. The summed E-state index contributed by atoms with van der Waals surface area (Å²) in [5.74, 6) is 0.489. The molecule has 1 saturated carbocycles. The number of aromatic amines is 1. The van der Waals surface area contributed by atoms with Gasteiger partial charge in [0.2, 0.25) is 0 Å². The third-order valence-corrected chi connectivity index (χ3v) is 5.06. The summed E-state index contributed by atoms with van der Waals surface area (Å²) >= 11 is 0. The molecule has 0 atom stereocenters. The number of hydrogen-bond donors (Lipinski definition) is 1. The van der Waals surface area contributed by atoms with Crippen molar-refractivity contribution >= 4 is 5.91 Å². The van der Waals surface area contributed by atoms with Crippen LogP contribution in [0.1, 0.15) is 61.0 Å². The van der Waals surface area contributed by atoms with Crippen LogP contribution in [0.4, 0.5) is 0 Å². The highest BCUT2D eigenvalue weighted by molar-refractivity contribution is 5.95. The second-order valence-corrected chi connectivity index (χ2v) is 6.75. The number of nitrogens with one attached hydrogen (secondary N) is 1. The van der Waals surface area contributed by atoms with Gasteiger partial charge in [-0.15, -0.1) is 0 Å². The van der Waals surface area contributed by atoms with Crippen molar-refractivity contribution in [1.29, 1.82) is 0 Å². The van der Waals surface area contributed by atoms with Crippen LogP contribution in [-0.2, 0) is 0 Å². The van der Waals surface area contributed by atoms with Crippen LogP contribution < -0.4 is 5.56 Å². The van der Waals surface area contributed by atoms with Crippen LogP contribution in [0.2, 0.25) is 0 Å². The normalized spacial score (nSPS) is 16.2. The lowest BCUT2D eigenvalue weighted by molar-refractivity contribution is 0.0706. The van der Waals surface area contributed by atoms with Gasteiger partial charge >= 0.3 is 0 Å². The number of nitrogens with zero attached hydrogens (tertiary/aromatic N) is 4. The summed E-state index contributed by atoms with van der Waals surface area (Å²) in [4.78, 5) is 26.0. The van der Waals surface area contributed by atoms with Crippen molar-refractivity contribution in [2.75, 3.05) is 7.05 Å². The van der Waals surface area contributed by atoms with Crippen LogP contribution >= 0.6 is 0 Å². The van der Waals surface area contributed by atoms with E-state index >= 15 is 0 Å². The molecule has 0 unspecified atom stereocenters. The van der Waals surface area contributed by atoms with Crippen molar-refractivity contribution in [3.63, 3.8) is 0 Å². The first-order valence-corrected chi connectivity index (χ1v) is 8.96. The van der Waals surface area contributed by atoms with Gasteiger partial charge in [0, 0.05) is 19.2 Å². The van der Waals surface area contributed by atoms with Crippen molar-refractivity contribution in [1.82, 2.24) is 24.9 Å². The van der Waals surface area contributed by atoms with Gasteiger partial charge in [0.05, 0.1) is 17.5 Å². The van der Waals surface area contributed by atoms with Gasteiger partial charge in [-0.25, -0.2) is 9.78 Å². The Hall–Kier alpha value is -2.44. The molecule has 0 aromatic carbocycles. The lowest BCUT2D eigenvalue weighted by Crippen LogP contribution is -2.37. The lowest BCUT2D eigenvalue weighted by atomic mass is 9.95. The minimum Gasteiger partial charge on any atom is -0.339 e. The number of aromatic nitrogens is 4. The Labute approximate surface area is 147 Å². The van der Waals surface area contributed by atoms with Gasteiger partial charge in [-0.3, -0.25) is 9.59 Å². The summed E-state index contributed by atoms with van der Waals surface area (Å²) in [6.45, 7) is 1.85. The molecule has 0 saturated heterocycles. The monoisotopic (exact) mass is 343 g/mol. The fraction of sp³-hybridized carbons (Fsp3) is 0.556.